The molecule has 21 heavy (non-hydrogen) atoms. The number of alkyl halides is 3. The zero-order chi connectivity index (χ0) is 15.6. The van der Waals surface area contributed by atoms with Crippen LogP contribution in [0.3, 0.4) is 0 Å². The lowest BCUT2D eigenvalue weighted by Gasteiger charge is -2.11. The van der Waals surface area contributed by atoms with Crippen LogP contribution in [0.5, 0.6) is 0 Å². The van der Waals surface area contributed by atoms with Crippen molar-refractivity contribution in [3.63, 3.8) is 0 Å². The van der Waals surface area contributed by atoms with E-state index in [9.17, 15) is 17.6 Å². The van der Waals surface area contributed by atoms with Crippen molar-refractivity contribution in [1.29, 1.82) is 0 Å². The highest BCUT2D eigenvalue weighted by Gasteiger charge is 2.30. The van der Waals surface area contributed by atoms with Crippen LogP contribution in [-0.4, -0.2) is 0 Å². The Bertz CT molecular complexity index is 658. The third-order valence-corrected chi connectivity index (χ3v) is 4.64. The normalized spacial score (nSPS) is 11.7. The molecule has 0 aliphatic heterocycles. The van der Waals surface area contributed by atoms with Crippen LogP contribution in [-0.2, 0) is 11.9 Å². The molecule has 0 aliphatic rings. The van der Waals surface area contributed by atoms with Gasteiger partial charge in [0.25, 0.3) is 0 Å². The van der Waals surface area contributed by atoms with E-state index in [1.54, 1.807) is 6.07 Å². The van der Waals surface area contributed by atoms with E-state index in [1.165, 1.54) is 30.0 Å². The standard InChI is InChI=1S/C14H10BrF4NS/c15-11-3-2-10(16)5-8(11)7-21-13-4-1-9(6-12(13)20)14(17,18)19/h1-6H,7,20H2. The van der Waals surface area contributed by atoms with E-state index in [2.05, 4.69) is 15.9 Å². The number of nitrogens with two attached hydrogens (primary N) is 1. The summed E-state index contributed by atoms with van der Waals surface area (Å²) < 4.78 is 51.5. The van der Waals surface area contributed by atoms with Gasteiger partial charge < -0.3 is 5.73 Å². The Labute approximate surface area is 131 Å². The van der Waals surface area contributed by atoms with E-state index in [-0.39, 0.29) is 11.5 Å². The van der Waals surface area contributed by atoms with Crippen LogP contribution in [0, 0.1) is 5.82 Å². The van der Waals surface area contributed by atoms with Crippen molar-refractivity contribution in [1.82, 2.24) is 0 Å². The lowest BCUT2D eigenvalue weighted by molar-refractivity contribution is -0.137. The highest BCUT2D eigenvalue weighted by molar-refractivity contribution is 9.10. The van der Waals surface area contributed by atoms with Crippen LogP contribution in [0.25, 0.3) is 0 Å². The monoisotopic (exact) mass is 379 g/mol. The summed E-state index contributed by atoms with van der Waals surface area (Å²) in [6.45, 7) is 0. The molecule has 0 radical (unpaired) electrons. The van der Waals surface area contributed by atoms with Crippen LogP contribution in [0.15, 0.2) is 45.8 Å². The molecule has 0 saturated heterocycles. The maximum absolute atomic E-state index is 13.2. The first-order valence-corrected chi connectivity index (χ1v) is 7.58. The molecule has 0 atom stereocenters. The SMILES string of the molecule is Nc1cc(C(F)(F)F)ccc1SCc1cc(F)ccc1Br. The zero-order valence-corrected chi connectivity index (χ0v) is 12.9. The molecule has 7 heteroatoms. The topological polar surface area (TPSA) is 26.0 Å². The summed E-state index contributed by atoms with van der Waals surface area (Å²) in [7, 11) is 0. The Morgan fingerprint density at radius 1 is 1.10 bits per heavy atom. The van der Waals surface area contributed by atoms with Crippen molar-refractivity contribution in [3.05, 3.63) is 57.8 Å². The molecule has 2 N–H and O–H groups in total. The third kappa shape index (κ3) is 4.14. The molecule has 2 aromatic carbocycles. The maximum atomic E-state index is 13.2. The molecule has 0 aliphatic carbocycles. The summed E-state index contributed by atoms with van der Waals surface area (Å²) in [6.07, 6.45) is -4.41. The van der Waals surface area contributed by atoms with E-state index in [1.807, 2.05) is 0 Å². The van der Waals surface area contributed by atoms with Gasteiger partial charge in [-0.05, 0) is 42.0 Å². The first kappa shape index (κ1) is 16.2. The van der Waals surface area contributed by atoms with Crippen molar-refractivity contribution in [2.45, 2.75) is 16.8 Å². The van der Waals surface area contributed by atoms with Crippen LogP contribution < -0.4 is 5.73 Å². The fourth-order valence-corrected chi connectivity index (χ4v) is 3.18. The summed E-state index contributed by atoms with van der Waals surface area (Å²) in [5, 5.41) is 0. The fourth-order valence-electron chi connectivity index (χ4n) is 1.67. The molecular formula is C14H10BrF4NS. The highest BCUT2D eigenvalue weighted by atomic mass is 79.9. The maximum Gasteiger partial charge on any atom is 0.416 e. The van der Waals surface area contributed by atoms with Crippen molar-refractivity contribution in [2.75, 3.05) is 5.73 Å². The summed E-state index contributed by atoms with van der Waals surface area (Å²) in [5.41, 5.74) is 5.63. The van der Waals surface area contributed by atoms with E-state index in [0.29, 0.717) is 16.2 Å². The quantitative estimate of drug-likeness (QED) is 0.434. The molecule has 0 unspecified atom stereocenters. The Hall–Kier alpha value is -1.21. The largest absolute Gasteiger partial charge is 0.416 e. The van der Waals surface area contributed by atoms with Crippen molar-refractivity contribution >= 4 is 33.4 Å². The molecule has 0 fully saturated rings. The molecular weight excluding hydrogens is 370 g/mol. The Morgan fingerprint density at radius 3 is 2.43 bits per heavy atom. The van der Waals surface area contributed by atoms with Crippen LogP contribution >= 0.6 is 27.7 Å². The number of hydrogen-bond acceptors (Lipinski definition) is 2. The van der Waals surface area contributed by atoms with Gasteiger partial charge >= 0.3 is 6.18 Å². The molecule has 0 saturated carbocycles. The van der Waals surface area contributed by atoms with E-state index < -0.39 is 11.7 Å². The second kappa shape index (κ2) is 6.27. The molecule has 0 heterocycles. The van der Waals surface area contributed by atoms with E-state index in [4.69, 9.17) is 5.73 Å². The van der Waals surface area contributed by atoms with Crippen molar-refractivity contribution in [2.24, 2.45) is 0 Å². The van der Waals surface area contributed by atoms with Gasteiger partial charge in [-0.1, -0.05) is 15.9 Å². The predicted octanol–water partition coefficient (Wildman–Crippen LogP) is 5.48. The zero-order valence-electron chi connectivity index (χ0n) is 10.5. The van der Waals surface area contributed by atoms with Crippen LogP contribution in [0.4, 0.5) is 23.2 Å². The smallest absolute Gasteiger partial charge is 0.398 e. The van der Waals surface area contributed by atoms with E-state index >= 15 is 0 Å². The summed E-state index contributed by atoms with van der Waals surface area (Å²) in [5.74, 6) is 0.0302. The minimum Gasteiger partial charge on any atom is -0.398 e. The number of nitrogen functional groups attached to an aromatic ring is 1. The van der Waals surface area contributed by atoms with Gasteiger partial charge in [0.05, 0.1) is 5.56 Å². The first-order chi connectivity index (χ1) is 9.77. The fraction of sp³-hybridized carbons (Fsp3) is 0.143. The van der Waals surface area contributed by atoms with Gasteiger partial charge in [-0.15, -0.1) is 11.8 Å². The van der Waals surface area contributed by atoms with Gasteiger partial charge in [0, 0.05) is 20.8 Å². The molecule has 0 bridgehead atoms. The predicted molar refractivity (Wildman–Crippen MR) is 79.5 cm³/mol. The number of anilines is 1. The average Bonchev–Trinajstić information content (AvgIpc) is 2.40. The van der Waals surface area contributed by atoms with Gasteiger partial charge in [-0.2, -0.15) is 13.2 Å². The van der Waals surface area contributed by atoms with Crippen LogP contribution in [0.2, 0.25) is 0 Å². The van der Waals surface area contributed by atoms with Gasteiger partial charge in [0.1, 0.15) is 5.82 Å². The lowest BCUT2D eigenvalue weighted by atomic mass is 10.2. The van der Waals surface area contributed by atoms with Crippen molar-refractivity contribution in [3.8, 4) is 0 Å². The molecule has 0 aromatic heterocycles. The highest BCUT2D eigenvalue weighted by Crippen LogP contribution is 2.36. The first-order valence-electron chi connectivity index (χ1n) is 5.81. The third-order valence-electron chi connectivity index (χ3n) is 2.73. The number of hydrogen-bond donors (Lipinski definition) is 1. The molecule has 0 spiro atoms. The Kier molecular flexibility index (Phi) is 4.83. The average molecular weight is 380 g/mol. The minimum absolute atomic E-state index is 0.0577. The molecule has 2 rings (SSSR count). The second-order valence-corrected chi connectivity index (χ2v) is 6.15. The van der Waals surface area contributed by atoms with Gasteiger partial charge in [0.15, 0.2) is 0 Å². The number of benzene rings is 2. The number of halogens is 5. The summed E-state index contributed by atoms with van der Waals surface area (Å²) in [4.78, 5) is 0.527. The molecule has 1 nitrogen and oxygen atoms in total. The molecule has 0 amide bonds. The lowest BCUT2D eigenvalue weighted by Crippen LogP contribution is -2.05. The van der Waals surface area contributed by atoms with E-state index in [0.717, 1.165) is 16.6 Å². The van der Waals surface area contributed by atoms with Gasteiger partial charge in [-0.25, -0.2) is 4.39 Å². The molecule has 2 aromatic rings. The Balaban J connectivity index is 2.15. The molecule has 112 valence electrons. The minimum atomic E-state index is -4.41. The summed E-state index contributed by atoms with van der Waals surface area (Å²) in [6, 6.07) is 7.50. The van der Waals surface area contributed by atoms with Crippen LogP contribution in [0.1, 0.15) is 11.1 Å². The number of rotatable bonds is 3. The second-order valence-electron chi connectivity index (χ2n) is 4.27. The Morgan fingerprint density at radius 2 is 1.81 bits per heavy atom. The van der Waals surface area contributed by atoms with Crippen molar-refractivity contribution < 1.29 is 17.6 Å². The summed E-state index contributed by atoms with van der Waals surface area (Å²) >= 11 is 4.55. The number of thioether (sulfide) groups is 1. The van der Waals surface area contributed by atoms with Gasteiger partial charge in [-0.3, -0.25) is 0 Å². The van der Waals surface area contributed by atoms with Gasteiger partial charge in [0.2, 0.25) is 0 Å².